The lowest BCUT2D eigenvalue weighted by Gasteiger charge is -2.36. The van der Waals surface area contributed by atoms with Gasteiger partial charge in [-0.1, -0.05) is 24.6 Å². The third-order valence-electron chi connectivity index (χ3n) is 2.95. The summed E-state index contributed by atoms with van der Waals surface area (Å²) in [6.07, 6.45) is 1.02. The maximum Gasteiger partial charge on any atom is 0.317 e. The Bertz CT molecular complexity index is 550. The van der Waals surface area contributed by atoms with E-state index in [4.69, 9.17) is 4.28 Å². The predicted octanol–water partition coefficient (Wildman–Crippen LogP) is 1.63. The summed E-state index contributed by atoms with van der Waals surface area (Å²) < 4.78 is 28.7. The molecule has 1 aromatic carbocycles. The second kappa shape index (κ2) is 4.70. The molecule has 0 unspecified atom stereocenters. The van der Waals surface area contributed by atoms with E-state index >= 15 is 0 Å². The van der Waals surface area contributed by atoms with Crippen LogP contribution in [-0.2, 0) is 19.2 Å². The van der Waals surface area contributed by atoms with E-state index in [9.17, 15) is 13.2 Å². The summed E-state index contributed by atoms with van der Waals surface area (Å²) in [7, 11) is -3.91. The van der Waals surface area contributed by atoms with Crippen LogP contribution in [0.1, 0.15) is 25.3 Å². The number of carbonyl (C=O) groups is 1. The Hall–Kier alpha value is -1.40. The molecule has 1 fully saturated rings. The minimum absolute atomic E-state index is 0.0580. The first-order valence-corrected chi connectivity index (χ1v) is 7.18. The average molecular weight is 269 g/mol. The number of aryl methyl sites for hydroxylation is 1. The number of β-lactam (4-membered cyclic amide) rings is 1. The summed E-state index contributed by atoms with van der Waals surface area (Å²) in [5, 5.41) is 0.954. The Balaban J connectivity index is 2.17. The van der Waals surface area contributed by atoms with E-state index in [1.54, 1.807) is 12.1 Å². The lowest BCUT2D eigenvalue weighted by Crippen LogP contribution is -2.52. The van der Waals surface area contributed by atoms with Crippen LogP contribution in [0.15, 0.2) is 29.2 Å². The van der Waals surface area contributed by atoms with Crippen LogP contribution >= 0.6 is 0 Å². The summed E-state index contributed by atoms with van der Waals surface area (Å²) >= 11 is 0. The van der Waals surface area contributed by atoms with Gasteiger partial charge in [-0.3, -0.25) is 4.79 Å². The van der Waals surface area contributed by atoms with Crippen molar-refractivity contribution in [3.63, 3.8) is 0 Å². The number of hydroxylamine groups is 2. The van der Waals surface area contributed by atoms with Crippen molar-refractivity contribution in [3.8, 4) is 0 Å². The van der Waals surface area contributed by atoms with Gasteiger partial charge in [0.25, 0.3) is 0 Å². The van der Waals surface area contributed by atoms with Crippen molar-refractivity contribution in [2.24, 2.45) is 0 Å². The van der Waals surface area contributed by atoms with Gasteiger partial charge in [-0.15, -0.1) is 4.28 Å². The van der Waals surface area contributed by atoms with Crippen molar-refractivity contribution >= 4 is 16.0 Å². The molecule has 0 aliphatic carbocycles. The quantitative estimate of drug-likeness (QED) is 0.779. The zero-order valence-corrected chi connectivity index (χ0v) is 11.1. The van der Waals surface area contributed by atoms with Gasteiger partial charge in [-0.2, -0.15) is 13.5 Å². The smallest absolute Gasteiger partial charge is 0.272 e. The molecule has 1 aliphatic rings. The van der Waals surface area contributed by atoms with Crippen LogP contribution in [0.2, 0.25) is 0 Å². The highest BCUT2D eigenvalue weighted by atomic mass is 32.2. The molecular formula is C12H15NO4S. The first-order chi connectivity index (χ1) is 8.44. The van der Waals surface area contributed by atoms with E-state index in [2.05, 4.69) is 0 Å². The van der Waals surface area contributed by atoms with Gasteiger partial charge in [0, 0.05) is 0 Å². The number of rotatable bonds is 4. The normalized spacial score (nSPS) is 19.8. The molecule has 6 heteroatoms. The monoisotopic (exact) mass is 269 g/mol. The van der Waals surface area contributed by atoms with Crippen LogP contribution in [0.5, 0.6) is 0 Å². The molecule has 0 saturated carbocycles. The molecule has 1 atom stereocenters. The Morgan fingerprint density at radius 1 is 1.33 bits per heavy atom. The lowest BCUT2D eigenvalue weighted by molar-refractivity contribution is -0.188. The number of carbonyl (C=O) groups excluding carboxylic acids is 1. The summed E-state index contributed by atoms with van der Waals surface area (Å²) in [6, 6.07) is 6.17. The van der Waals surface area contributed by atoms with Crippen molar-refractivity contribution in [2.75, 3.05) is 0 Å². The minimum Gasteiger partial charge on any atom is -0.272 e. The number of benzene rings is 1. The molecular weight excluding hydrogens is 254 g/mol. The molecule has 1 aromatic rings. The molecule has 98 valence electrons. The van der Waals surface area contributed by atoms with Gasteiger partial charge in [0.05, 0.1) is 17.4 Å². The summed E-state index contributed by atoms with van der Waals surface area (Å²) in [4.78, 5) is 11.4. The van der Waals surface area contributed by atoms with Gasteiger partial charge in [-0.25, -0.2) is 0 Å². The average Bonchev–Trinajstić information content (AvgIpc) is 2.33. The zero-order chi connectivity index (χ0) is 13.3. The van der Waals surface area contributed by atoms with Crippen molar-refractivity contribution in [3.05, 3.63) is 29.8 Å². The SMILES string of the molecule is CC[C@H]1CC(=O)N1OS(=O)(=O)c1ccc(C)cc1. The Labute approximate surface area is 106 Å². The number of hydrogen-bond acceptors (Lipinski definition) is 4. The fraction of sp³-hybridized carbons (Fsp3) is 0.417. The Kier molecular flexibility index (Phi) is 3.41. The topological polar surface area (TPSA) is 63.7 Å². The van der Waals surface area contributed by atoms with Crippen LogP contribution in [0.25, 0.3) is 0 Å². The molecule has 2 rings (SSSR count). The van der Waals surface area contributed by atoms with Crippen LogP contribution in [0.4, 0.5) is 0 Å². The van der Waals surface area contributed by atoms with Gasteiger partial charge in [0.2, 0.25) is 5.91 Å². The second-order valence-electron chi connectivity index (χ2n) is 4.33. The number of hydrogen-bond donors (Lipinski definition) is 0. The molecule has 5 nitrogen and oxygen atoms in total. The van der Waals surface area contributed by atoms with Gasteiger partial charge in [0.15, 0.2) is 0 Å². The van der Waals surface area contributed by atoms with E-state index in [0.717, 1.165) is 10.6 Å². The molecule has 0 bridgehead atoms. The van der Waals surface area contributed by atoms with Crippen LogP contribution in [-0.4, -0.2) is 25.4 Å². The molecule has 1 amide bonds. The second-order valence-corrected chi connectivity index (χ2v) is 5.86. The van der Waals surface area contributed by atoms with Crippen molar-refractivity contribution in [1.29, 1.82) is 0 Å². The largest absolute Gasteiger partial charge is 0.317 e. The third kappa shape index (κ3) is 2.39. The van der Waals surface area contributed by atoms with Gasteiger partial charge in [-0.05, 0) is 25.5 Å². The third-order valence-corrected chi connectivity index (χ3v) is 4.15. The van der Waals surface area contributed by atoms with Crippen molar-refractivity contribution < 1.29 is 17.5 Å². The Morgan fingerprint density at radius 3 is 2.44 bits per heavy atom. The summed E-state index contributed by atoms with van der Waals surface area (Å²) in [5.41, 5.74) is 0.959. The highest BCUT2D eigenvalue weighted by Gasteiger charge is 2.39. The molecule has 1 aliphatic heterocycles. The van der Waals surface area contributed by atoms with Crippen LogP contribution in [0, 0.1) is 6.92 Å². The fourth-order valence-electron chi connectivity index (χ4n) is 1.73. The Morgan fingerprint density at radius 2 is 1.94 bits per heavy atom. The maximum atomic E-state index is 11.9. The molecule has 0 N–H and O–H groups in total. The fourth-order valence-corrected chi connectivity index (χ4v) is 2.70. The maximum absolute atomic E-state index is 11.9. The molecule has 0 aromatic heterocycles. The number of amides is 1. The van der Waals surface area contributed by atoms with Crippen LogP contribution in [0.3, 0.4) is 0 Å². The van der Waals surface area contributed by atoms with E-state index in [1.807, 2.05) is 13.8 Å². The van der Waals surface area contributed by atoms with E-state index in [-0.39, 0.29) is 16.8 Å². The number of nitrogens with zero attached hydrogens (tertiary/aromatic N) is 1. The molecule has 1 saturated heterocycles. The highest BCUT2D eigenvalue weighted by molar-refractivity contribution is 7.86. The highest BCUT2D eigenvalue weighted by Crippen LogP contribution is 2.26. The summed E-state index contributed by atoms with van der Waals surface area (Å²) in [5.74, 6) is -0.294. The van der Waals surface area contributed by atoms with Crippen molar-refractivity contribution in [1.82, 2.24) is 5.06 Å². The van der Waals surface area contributed by atoms with E-state index in [1.165, 1.54) is 12.1 Å². The van der Waals surface area contributed by atoms with Gasteiger partial charge in [0.1, 0.15) is 0 Å². The predicted molar refractivity (Wildman–Crippen MR) is 65.0 cm³/mol. The summed E-state index contributed by atoms with van der Waals surface area (Å²) in [6.45, 7) is 3.75. The molecule has 1 heterocycles. The minimum atomic E-state index is -3.91. The lowest BCUT2D eigenvalue weighted by atomic mass is 10.0. The van der Waals surface area contributed by atoms with Crippen molar-refractivity contribution in [2.45, 2.75) is 37.6 Å². The molecule has 18 heavy (non-hydrogen) atoms. The van der Waals surface area contributed by atoms with Crippen LogP contribution < -0.4 is 0 Å². The van der Waals surface area contributed by atoms with E-state index < -0.39 is 10.1 Å². The molecule has 0 radical (unpaired) electrons. The van der Waals surface area contributed by atoms with Gasteiger partial charge < -0.3 is 0 Å². The zero-order valence-electron chi connectivity index (χ0n) is 10.3. The molecule has 0 spiro atoms. The van der Waals surface area contributed by atoms with Gasteiger partial charge >= 0.3 is 10.1 Å². The standard InChI is InChI=1S/C12H15NO4S/c1-3-10-8-12(14)13(10)17-18(15,16)11-6-4-9(2)5-7-11/h4-7,10H,3,8H2,1-2H3/t10-/m0/s1. The first-order valence-electron chi connectivity index (χ1n) is 5.77. The van der Waals surface area contributed by atoms with E-state index in [0.29, 0.717) is 12.8 Å². The first kappa shape index (κ1) is 13.0.